The molecule has 0 unspecified atom stereocenters. The van der Waals surface area contributed by atoms with Crippen LogP contribution in [-0.2, 0) is 17.1 Å². The third kappa shape index (κ3) is 4.69. The molecule has 192 valence electrons. The van der Waals surface area contributed by atoms with Gasteiger partial charge in [-0.3, -0.25) is 18.7 Å². The van der Waals surface area contributed by atoms with Crippen molar-refractivity contribution < 1.29 is 12.8 Å². The Hall–Kier alpha value is -3.78. The van der Waals surface area contributed by atoms with Crippen molar-refractivity contribution in [3.8, 4) is 5.69 Å². The van der Waals surface area contributed by atoms with Crippen LogP contribution in [0.2, 0.25) is 0 Å². The summed E-state index contributed by atoms with van der Waals surface area (Å²) >= 11 is 3.18. The summed E-state index contributed by atoms with van der Waals surface area (Å²) in [4.78, 5) is 44.2. The number of hydrogen-bond donors (Lipinski definition) is 2. The Morgan fingerprint density at radius 2 is 1.84 bits per heavy atom. The van der Waals surface area contributed by atoms with Gasteiger partial charge >= 0.3 is 11.4 Å². The zero-order chi connectivity index (χ0) is 26.6. The summed E-state index contributed by atoms with van der Waals surface area (Å²) in [6.07, 6.45) is 2.21. The van der Waals surface area contributed by atoms with Crippen LogP contribution in [0.1, 0.15) is 18.9 Å². The van der Waals surface area contributed by atoms with E-state index in [0.717, 1.165) is 20.0 Å². The molecule has 2 aromatic carbocycles. The van der Waals surface area contributed by atoms with E-state index in [1.54, 1.807) is 12.1 Å². The lowest BCUT2D eigenvalue weighted by molar-refractivity contribution is 0.607. The highest BCUT2D eigenvalue weighted by Gasteiger charge is 2.31. The molecule has 4 aromatic rings. The maximum absolute atomic E-state index is 14.6. The van der Waals surface area contributed by atoms with Crippen molar-refractivity contribution >= 4 is 54.2 Å². The summed E-state index contributed by atoms with van der Waals surface area (Å²) in [6.45, 7) is 0. The van der Waals surface area contributed by atoms with Crippen LogP contribution < -0.4 is 27.0 Å². The first-order valence-electron chi connectivity index (χ1n) is 11.0. The normalized spacial score (nSPS) is 13.6. The predicted molar refractivity (Wildman–Crippen MR) is 141 cm³/mol. The summed E-state index contributed by atoms with van der Waals surface area (Å²) in [5.41, 5.74) is -1.89. The molecule has 1 aliphatic carbocycles. The molecule has 2 aromatic heterocycles. The van der Waals surface area contributed by atoms with Crippen molar-refractivity contribution in [2.45, 2.75) is 18.9 Å². The molecule has 0 amide bonds. The van der Waals surface area contributed by atoms with Crippen LogP contribution in [0.15, 0.2) is 61.3 Å². The molecule has 2 N–H and O–H groups in total. The van der Waals surface area contributed by atoms with Crippen LogP contribution in [0.4, 0.5) is 21.6 Å². The molecule has 0 aliphatic heterocycles. The molecule has 1 aliphatic rings. The van der Waals surface area contributed by atoms with E-state index < -0.39 is 32.8 Å². The van der Waals surface area contributed by atoms with E-state index in [1.165, 1.54) is 37.4 Å². The number of benzene rings is 2. The molecule has 0 spiro atoms. The molecular weight excluding hydrogens is 571 g/mol. The number of sulfonamides is 1. The zero-order valence-electron chi connectivity index (χ0n) is 19.5. The lowest BCUT2D eigenvalue weighted by Gasteiger charge is -2.18. The van der Waals surface area contributed by atoms with Crippen molar-refractivity contribution in [1.82, 2.24) is 18.7 Å². The van der Waals surface area contributed by atoms with E-state index in [2.05, 4.69) is 31.0 Å². The number of aromatic nitrogens is 4. The minimum absolute atomic E-state index is 0.0280. The fraction of sp³-hybridized carbons (Fsp3) is 0.217. The van der Waals surface area contributed by atoms with Crippen LogP contribution in [-0.4, -0.2) is 33.4 Å². The summed E-state index contributed by atoms with van der Waals surface area (Å²) in [5, 5.41) is 2.64. The highest BCUT2D eigenvalue weighted by molar-refractivity contribution is 9.10. The Bertz CT molecular complexity index is 1880. The first kappa shape index (κ1) is 24.9. The third-order valence-electron chi connectivity index (χ3n) is 5.82. The van der Waals surface area contributed by atoms with Crippen LogP contribution in [0.5, 0.6) is 0 Å². The lowest BCUT2D eigenvalue weighted by Crippen LogP contribution is -2.42. The first-order chi connectivity index (χ1) is 17.4. The number of halogens is 2. The number of rotatable bonds is 6. The van der Waals surface area contributed by atoms with Gasteiger partial charge in [0.25, 0.3) is 5.56 Å². The van der Waals surface area contributed by atoms with Gasteiger partial charge in [0.05, 0.1) is 23.3 Å². The van der Waals surface area contributed by atoms with E-state index in [0.29, 0.717) is 17.3 Å². The highest BCUT2D eigenvalue weighted by atomic mass is 79.9. The quantitative estimate of drug-likeness (QED) is 0.352. The number of fused-ring (bicyclic) bond motifs is 1. The zero-order valence-corrected chi connectivity index (χ0v) is 21.9. The Morgan fingerprint density at radius 1 is 1.11 bits per heavy atom. The summed E-state index contributed by atoms with van der Waals surface area (Å²) in [7, 11) is -2.26. The number of nitrogens with zero attached hydrogens (tertiary/aromatic N) is 4. The lowest BCUT2D eigenvalue weighted by atomic mass is 10.2. The van der Waals surface area contributed by atoms with Gasteiger partial charge in [-0.15, -0.1) is 0 Å². The van der Waals surface area contributed by atoms with Crippen LogP contribution >= 0.6 is 15.9 Å². The van der Waals surface area contributed by atoms with Gasteiger partial charge in [-0.25, -0.2) is 27.0 Å². The van der Waals surface area contributed by atoms with Crippen molar-refractivity contribution in [1.29, 1.82) is 0 Å². The van der Waals surface area contributed by atoms with Crippen molar-refractivity contribution in [3.05, 3.63) is 84.1 Å². The van der Waals surface area contributed by atoms with Crippen LogP contribution in [0.3, 0.4) is 0 Å². The minimum atomic E-state index is -3.62. The summed E-state index contributed by atoms with van der Waals surface area (Å²) < 4.78 is 44.3. The van der Waals surface area contributed by atoms with E-state index in [9.17, 15) is 27.2 Å². The molecule has 2 heterocycles. The van der Waals surface area contributed by atoms with Crippen LogP contribution in [0, 0.1) is 5.82 Å². The number of hydrogen-bond acceptors (Lipinski definition) is 7. The Balaban J connectivity index is 1.86. The predicted octanol–water partition coefficient (Wildman–Crippen LogP) is 2.60. The van der Waals surface area contributed by atoms with Crippen LogP contribution in [0.25, 0.3) is 16.7 Å². The minimum Gasteiger partial charge on any atom is -0.337 e. The highest BCUT2D eigenvalue weighted by Crippen LogP contribution is 2.33. The molecule has 37 heavy (non-hydrogen) atoms. The number of anilines is 3. The second-order valence-electron chi connectivity index (χ2n) is 8.70. The Labute approximate surface area is 217 Å². The molecule has 5 rings (SSSR count). The maximum Gasteiger partial charge on any atom is 0.350 e. The Kier molecular flexibility index (Phi) is 6.02. The topological polar surface area (TPSA) is 137 Å². The fourth-order valence-corrected chi connectivity index (χ4v) is 4.96. The molecule has 0 saturated heterocycles. The molecule has 1 fully saturated rings. The number of aryl methyl sites for hydroxylation is 1. The average molecular weight is 591 g/mol. The maximum atomic E-state index is 14.6. The summed E-state index contributed by atoms with van der Waals surface area (Å²) in [5.74, 6) is -0.863. The van der Waals surface area contributed by atoms with Crippen molar-refractivity contribution in [3.63, 3.8) is 0 Å². The molecule has 0 radical (unpaired) electrons. The SMILES string of the molecule is Cn1c(=O)nc(Nc2ccc(Br)cc2F)c2c(=O)n(C3CC3)c(=O)n(-c3cccc(NS(C)(=O)=O)c3)c21. The van der Waals surface area contributed by atoms with Gasteiger partial charge in [-0.1, -0.05) is 22.0 Å². The van der Waals surface area contributed by atoms with Gasteiger partial charge in [-0.05, 0) is 49.2 Å². The molecule has 11 nitrogen and oxygen atoms in total. The average Bonchev–Trinajstić information content (AvgIpc) is 3.63. The van der Waals surface area contributed by atoms with Gasteiger partial charge in [0.15, 0.2) is 5.82 Å². The largest absolute Gasteiger partial charge is 0.350 e. The van der Waals surface area contributed by atoms with Gasteiger partial charge < -0.3 is 5.32 Å². The summed E-state index contributed by atoms with van der Waals surface area (Å²) in [6, 6.07) is 9.85. The standard InChI is InChI=1S/C23H20BrFN6O5S/c1-29-20-18(19(27-22(29)33)26-17-9-6-12(24)10-16(17)25)21(32)31(14-7-8-14)23(34)30(20)15-5-3-4-13(11-15)28-37(2,35)36/h3-6,9-11,14,28H,7-8H2,1-2H3,(H,26,27,33). The third-order valence-corrected chi connectivity index (χ3v) is 6.92. The number of nitrogens with one attached hydrogen (secondary N) is 2. The monoisotopic (exact) mass is 590 g/mol. The van der Waals surface area contributed by atoms with Gasteiger partial charge in [0, 0.05) is 17.6 Å². The van der Waals surface area contributed by atoms with Gasteiger partial charge in [-0.2, -0.15) is 4.98 Å². The van der Waals surface area contributed by atoms with Gasteiger partial charge in [0.2, 0.25) is 10.0 Å². The first-order valence-corrected chi connectivity index (χ1v) is 13.7. The van der Waals surface area contributed by atoms with E-state index in [1.807, 2.05) is 0 Å². The van der Waals surface area contributed by atoms with Crippen molar-refractivity contribution in [2.24, 2.45) is 7.05 Å². The van der Waals surface area contributed by atoms with E-state index in [-0.39, 0.29) is 40.0 Å². The second-order valence-corrected chi connectivity index (χ2v) is 11.4. The van der Waals surface area contributed by atoms with E-state index in [4.69, 9.17) is 0 Å². The molecule has 0 bridgehead atoms. The second kappa shape index (κ2) is 8.95. The Morgan fingerprint density at radius 3 is 2.49 bits per heavy atom. The van der Waals surface area contributed by atoms with Crippen molar-refractivity contribution in [2.75, 3.05) is 16.3 Å². The molecule has 14 heteroatoms. The molecular formula is C23H20BrFN6O5S. The smallest absolute Gasteiger partial charge is 0.337 e. The van der Waals surface area contributed by atoms with E-state index >= 15 is 0 Å². The molecule has 0 atom stereocenters. The van der Waals surface area contributed by atoms with Gasteiger partial charge in [0.1, 0.15) is 16.9 Å². The molecule has 1 saturated carbocycles. The fourth-order valence-electron chi connectivity index (χ4n) is 4.07.